The van der Waals surface area contributed by atoms with E-state index >= 15 is 0 Å². The standard InChI is InChI=1S/C20H26N2O5S/c1-20(2,3)15-10-14(26-4)5-6-16(15)27-8-7-21-17(23)11-18-22-13(12-28-18)9-19(24)25/h5-6,10,12H,7-9,11H2,1-4H3,(H,21,23)(H,24,25). The Kier molecular flexibility index (Phi) is 7.39. The van der Waals surface area contributed by atoms with Gasteiger partial charge in [0.1, 0.15) is 23.1 Å². The highest BCUT2D eigenvalue weighted by Crippen LogP contribution is 2.34. The lowest BCUT2D eigenvalue weighted by Gasteiger charge is -2.23. The number of nitrogens with zero attached hydrogens (tertiary/aromatic N) is 1. The van der Waals surface area contributed by atoms with Gasteiger partial charge >= 0.3 is 5.97 Å². The van der Waals surface area contributed by atoms with Crippen molar-refractivity contribution >= 4 is 23.2 Å². The van der Waals surface area contributed by atoms with Crippen LogP contribution < -0.4 is 14.8 Å². The number of hydrogen-bond acceptors (Lipinski definition) is 6. The summed E-state index contributed by atoms with van der Waals surface area (Å²) >= 11 is 1.29. The minimum absolute atomic E-state index is 0.106. The first-order valence-electron chi connectivity index (χ1n) is 8.92. The van der Waals surface area contributed by atoms with E-state index in [9.17, 15) is 9.59 Å². The summed E-state index contributed by atoms with van der Waals surface area (Å²) < 4.78 is 11.2. The third kappa shape index (κ3) is 6.53. The molecule has 2 N–H and O–H groups in total. The normalized spacial score (nSPS) is 11.1. The van der Waals surface area contributed by atoms with Crippen LogP contribution in [0.1, 0.15) is 37.0 Å². The molecular formula is C20H26N2O5S. The van der Waals surface area contributed by atoms with Crippen molar-refractivity contribution in [2.24, 2.45) is 0 Å². The van der Waals surface area contributed by atoms with Crippen molar-refractivity contribution in [1.29, 1.82) is 0 Å². The number of carbonyl (C=O) groups is 2. The smallest absolute Gasteiger partial charge is 0.309 e. The van der Waals surface area contributed by atoms with E-state index in [-0.39, 0.29) is 24.2 Å². The van der Waals surface area contributed by atoms with Crippen LogP contribution in [-0.4, -0.2) is 42.2 Å². The fraction of sp³-hybridized carbons (Fsp3) is 0.450. The summed E-state index contributed by atoms with van der Waals surface area (Å²) in [5.41, 5.74) is 1.40. The molecule has 1 amide bonds. The van der Waals surface area contributed by atoms with Gasteiger partial charge in [-0.3, -0.25) is 9.59 Å². The second kappa shape index (κ2) is 9.54. The first-order chi connectivity index (χ1) is 13.2. The maximum Gasteiger partial charge on any atom is 0.309 e. The van der Waals surface area contributed by atoms with Gasteiger partial charge in [0.05, 0.1) is 32.2 Å². The molecule has 28 heavy (non-hydrogen) atoms. The first kappa shape index (κ1) is 21.7. The first-order valence-corrected chi connectivity index (χ1v) is 9.80. The van der Waals surface area contributed by atoms with Gasteiger partial charge in [0.2, 0.25) is 5.91 Å². The molecule has 1 aromatic heterocycles. The molecule has 2 aromatic rings. The molecule has 0 unspecified atom stereocenters. The molecule has 0 fully saturated rings. The molecule has 0 aliphatic carbocycles. The molecule has 2 rings (SSSR count). The molecule has 0 saturated carbocycles. The highest BCUT2D eigenvalue weighted by atomic mass is 32.1. The van der Waals surface area contributed by atoms with Crippen molar-refractivity contribution in [3.8, 4) is 11.5 Å². The monoisotopic (exact) mass is 406 g/mol. The largest absolute Gasteiger partial charge is 0.497 e. The van der Waals surface area contributed by atoms with E-state index in [1.54, 1.807) is 12.5 Å². The van der Waals surface area contributed by atoms with E-state index in [0.717, 1.165) is 17.1 Å². The van der Waals surface area contributed by atoms with Gasteiger partial charge in [-0.15, -0.1) is 11.3 Å². The van der Waals surface area contributed by atoms with Crippen molar-refractivity contribution in [2.75, 3.05) is 20.3 Å². The topological polar surface area (TPSA) is 97.8 Å². The fourth-order valence-corrected chi connectivity index (χ4v) is 3.36. The third-order valence-electron chi connectivity index (χ3n) is 3.92. The molecule has 0 atom stereocenters. The lowest BCUT2D eigenvalue weighted by atomic mass is 9.86. The predicted octanol–water partition coefficient (Wildman–Crippen LogP) is 2.81. The summed E-state index contributed by atoms with van der Waals surface area (Å²) in [4.78, 5) is 26.9. The fourth-order valence-electron chi connectivity index (χ4n) is 2.57. The zero-order chi connectivity index (χ0) is 20.7. The van der Waals surface area contributed by atoms with E-state index in [2.05, 4.69) is 31.1 Å². The van der Waals surface area contributed by atoms with Crippen LogP contribution in [0.25, 0.3) is 0 Å². The van der Waals surface area contributed by atoms with Gasteiger partial charge < -0.3 is 19.9 Å². The number of aliphatic carboxylic acids is 1. The van der Waals surface area contributed by atoms with Crippen LogP contribution in [-0.2, 0) is 27.8 Å². The molecule has 0 bridgehead atoms. The Balaban J connectivity index is 1.83. The molecule has 1 aromatic carbocycles. The van der Waals surface area contributed by atoms with Crippen LogP contribution in [0.2, 0.25) is 0 Å². The highest BCUT2D eigenvalue weighted by Gasteiger charge is 2.20. The van der Waals surface area contributed by atoms with E-state index < -0.39 is 5.97 Å². The Morgan fingerprint density at radius 2 is 2.00 bits per heavy atom. The summed E-state index contributed by atoms with van der Waals surface area (Å²) in [6, 6.07) is 5.69. The summed E-state index contributed by atoms with van der Waals surface area (Å²) in [7, 11) is 1.63. The van der Waals surface area contributed by atoms with Gasteiger partial charge in [-0.05, 0) is 23.6 Å². The highest BCUT2D eigenvalue weighted by molar-refractivity contribution is 7.09. The molecule has 152 valence electrons. The van der Waals surface area contributed by atoms with Gasteiger partial charge in [-0.25, -0.2) is 4.98 Å². The Morgan fingerprint density at radius 1 is 1.25 bits per heavy atom. The molecule has 1 heterocycles. The number of rotatable bonds is 9. The lowest BCUT2D eigenvalue weighted by Crippen LogP contribution is -2.29. The number of carbonyl (C=O) groups excluding carboxylic acids is 1. The summed E-state index contributed by atoms with van der Waals surface area (Å²) in [6.07, 6.45) is -0.00993. The van der Waals surface area contributed by atoms with Crippen molar-refractivity contribution < 1.29 is 24.2 Å². The van der Waals surface area contributed by atoms with E-state index in [1.807, 2.05) is 18.2 Å². The Hall–Kier alpha value is -2.61. The van der Waals surface area contributed by atoms with Crippen molar-refractivity contribution in [1.82, 2.24) is 10.3 Å². The number of carboxylic acids is 1. The molecule has 0 saturated heterocycles. The van der Waals surface area contributed by atoms with Gasteiger partial charge in [-0.1, -0.05) is 20.8 Å². The SMILES string of the molecule is COc1ccc(OCCNC(=O)Cc2nc(CC(=O)O)cs2)c(C(C)(C)C)c1. The average molecular weight is 407 g/mol. The molecular weight excluding hydrogens is 380 g/mol. The van der Waals surface area contributed by atoms with Crippen molar-refractivity contribution in [3.05, 3.63) is 39.8 Å². The van der Waals surface area contributed by atoms with Gasteiger partial charge in [-0.2, -0.15) is 0 Å². The molecule has 0 aliphatic heterocycles. The number of amides is 1. The molecule has 0 aliphatic rings. The molecule has 8 heteroatoms. The van der Waals surface area contributed by atoms with Crippen LogP contribution in [0.15, 0.2) is 23.6 Å². The van der Waals surface area contributed by atoms with E-state index in [1.165, 1.54) is 11.3 Å². The summed E-state index contributed by atoms with van der Waals surface area (Å²) in [5.74, 6) is 0.425. The van der Waals surface area contributed by atoms with E-state index in [4.69, 9.17) is 14.6 Å². The number of nitrogens with one attached hydrogen (secondary N) is 1. The molecule has 0 spiro atoms. The number of carboxylic acid groups (broad SMARTS) is 1. The number of benzene rings is 1. The van der Waals surface area contributed by atoms with Gasteiger partial charge in [0, 0.05) is 10.9 Å². The Bertz CT molecular complexity index is 826. The van der Waals surface area contributed by atoms with Crippen LogP contribution in [0.4, 0.5) is 0 Å². The summed E-state index contributed by atoms with van der Waals surface area (Å²) in [5, 5.41) is 13.8. The van der Waals surface area contributed by atoms with Gasteiger partial charge in [0.25, 0.3) is 0 Å². The van der Waals surface area contributed by atoms with Gasteiger partial charge in [0.15, 0.2) is 0 Å². The predicted molar refractivity (Wildman–Crippen MR) is 107 cm³/mol. The minimum atomic E-state index is -0.938. The Labute approximate surface area is 168 Å². The number of methoxy groups -OCH3 is 1. The van der Waals surface area contributed by atoms with E-state index in [0.29, 0.717) is 23.9 Å². The molecule has 7 nitrogen and oxygen atoms in total. The van der Waals surface area contributed by atoms with Crippen molar-refractivity contribution in [3.63, 3.8) is 0 Å². The van der Waals surface area contributed by atoms with Crippen LogP contribution >= 0.6 is 11.3 Å². The van der Waals surface area contributed by atoms with Crippen LogP contribution in [0.3, 0.4) is 0 Å². The average Bonchev–Trinajstić information content (AvgIpc) is 3.03. The third-order valence-corrected chi connectivity index (χ3v) is 4.82. The quantitative estimate of drug-likeness (QED) is 0.622. The second-order valence-electron chi connectivity index (χ2n) is 7.29. The molecule has 0 radical (unpaired) electrons. The lowest BCUT2D eigenvalue weighted by molar-refractivity contribution is -0.136. The zero-order valence-electron chi connectivity index (χ0n) is 16.6. The number of aromatic nitrogens is 1. The Morgan fingerprint density at radius 3 is 2.64 bits per heavy atom. The zero-order valence-corrected chi connectivity index (χ0v) is 17.4. The second-order valence-corrected chi connectivity index (χ2v) is 8.23. The minimum Gasteiger partial charge on any atom is -0.497 e. The number of ether oxygens (including phenoxy) is 2. The summed E-state index contributed by atoms with van der Waals surface area (Å²) in [6.45, 7) is 7.00. The maximum absolute atomic E-state index is 12.0. The van der Waals surface area contributed by atoms with Crippen molar-refractivity contribution in [2.45, 2.75) is 39.0 Å². The maximum atomic E-state index is 12.0. The van der Waals surface area contributed by atoms with Crippen LogP contribution in [0.5, 0.6) is 11.5 Å². The van der Waals surface area contributed by atoms with Crippen LogP contribution in [0, 0.1) is 0 Å². The number of thiazole rings is 1. The number of hydrogen-bond donors (Lipinski definition) is 2.